The summed E-state index contributed by atoms with van der Waals surface area (Å²) in [6.07, 6.45) is 0.765. The van der Waals surface area contributed by atoms with Gasteiger partial charge in [-0.1, -0.05) is 0 Å². The van der Waals surface area contributed by atoms with Gasteiger partial charge in [-0.2, -0.15) is 0 Å². The first-order valence-electron chi connectivity index (χ1n) is 6.97. The molecule has 0 spiro atoms. The number of hydrogen-bond acceptors (Lipinski definition) is 4. The van der Waals surface area contributed by atoms with E-state index in [1.54, 1.807) is 13.8 Å². The van der Waals surface area contributed by atoms with Gasteiger partial charge in [0.15, 0.2) is 0 Å². The van der Waals surface area contributed by atoms with E-state index in [2.05, 4.69) is 15.5 Å². The second kappa shape index (κ2) is 8.06. The van der Waals surface area contributed by atoms with Crippen LogP contribution in [0.2, 0.25) is 0 Å². The summed E-state index contributed by atoms with van der Waals surface area (Å²) in [6.45, 7) is 8.32. The van der Waals surface area contributed by atoms with Crippen molar-refractivity contribution in [1.29, 1.82) is 0 Å². The lowest BCUT2D eigenvalue weighted by Crippen LogP contribution is -2.49. The molecule has 0 aromatic heterocycles. The van der Waals surface area contributed by atoms with Crippen LogP contribution >= 0.6 is 0 Å². The Hall–Kier alpha value is -1.34. The number of nitrogens with zero attached hydrogens (tertiary/aromatic N) is 1. The van der Waals surface area contributed by atoms with E-state index in [9.17, 15) is 9.59 Å². The highest BCUT2D eigenvalue weighted by Crippen LogP contribution is 2.07. The Kier molecular flexibility index (Phi) is 6.74. The molecule has 0 radical (unpaired) electrons. The van der Waals surface area contributed by atoms with Crippen LogP contribution in [0.5, 0.6) is 0 Å². The Morgan fingerprint density at radius 2 is 1.95 bits per heavy atom. The quantitative estimate of drug-likeness (QED) is 0.584. The number of carboxylic acids is 1. The number of rotatable bonds is 7. The molecule has 0 aromatic carbocycles. The molecule has 1 fully saturated rings. The lowest BCUT2D eigenvalue weighted by molar-refractivity contribution is -0.138. The molecule has 116 valence electrons. The molecule has 20 heavy (non-hydrogen) atoms. The van der Waals surface area contributed by atoms with Crippen LogP contribution in [0, 0.1) is 0 Å². The summed E-state index contributed by atoms with van der Waals surface area (Å²) >= 11 is 0. The van der Waals surface area contributed by atoms with E-state index in [1.807, 2.05) is 0 Å². The van der Waals surface area contributed by atoms with Gasteiger partial charge in [0.25, 0.3) is 0 Å². The summed E-state index contributed by atoms with van der Waals surface area (Å²) in [4.78, 5) is 24.6. The van der Waals surface area contributed by atoms with Gasteiger partial charge >= 0.3 is 12.0 Å². The Morgan fingerprint density at radius 1 is 1.30 bits per heavy atom. The molecule has 7 nitrogen and oxygen atoms in total. The van der Waals surface area contributed by atoms with Gasteiger partial charge in [-0.15, -0.1) is 0 Å². The third-order valence-corrected chi connectivity index (χ3v) is 3.09. The maximum atomic E-state index is 11.6. The molecule has 0 saturated carbocycles. The fourth-order valence-corrected chi connectivity index (χ4v) is 2.10. The Morgan fingerprint density at radius 3 is 2.55 bits per heavy atom. The first-order chi connectivity index (χ1) is 9.39. The van der Waals surface area contributed by atoms with Crippen molar-refractivity contribution in [3.05, 3.63) is 0 Å². The number of amides is 2. The van der Waals surface area contributed by atoms with Crippen LogP contribution in [-0.2, 0) is 9.53 Å². The predicted octanol–water partition coefficient (Wildman–Crippen LogP) is 0.261. The normalized spacial score (nSPS) is 16.7. The van der Waals surface area contributed by atoms with E-state index in [4.69, 9.17) is 9.84 Å². The largest absolute Gasteiger partial charge is 0.481 e. The Labute approximate surface area is 119 Å². The third kappa shape index (κ3) is 7.30. The van der Waals surface area contributed by atoms with Crippen molar-refractivity contribution in [3.63, 3.8) is 0 Å². The van der Waals surface area contributed by atoms with Crippen molar-refractivity contribution in [2.24, 2.45) is 0 Å². The molecule has 1 aliphatic rings. The number of hydrogen-bond donors (Lipinski definition) is 3. The lowest BCUT2D eigenvalue weighted by atomic mass is 10.0. The van der Waals surface area contributed by atoms with Crippen LogP contribution in [0.25, 0.3) is 0 Å². The highest BCUT2D eigenvalue weighted by Gasteiger charge is 2.23. The number of urea groups is 1. The first kappa shape index (κ1) is 16.7. The molecule has 7 heteroatoms. The molecule has 1 heterocycles. The van der Waals surface area contributed by atoms with Crippen LogP contribution in [-0.4, -0.2) is 66.9 Å². The van der Waals surface area contributed by atoms with Crippen LogP contribution < -0.4 is 10.6 Å². The van der Waals surface area contributed by atoms with Crippen molar-refractivity contribution in [2.75, 3.05) is 39.4 Å². The number of aliphatic carboxylic acids is 1. The van der Waals surface area contributed by atoms with Gasteiger partial charge in [0.1, 0.15) is 0 Å². The van der Waals surface area contributed by atoms with Gasteiger partial charge in [0.2, 0.25) is 0 Å². The van der Waals surface area contributed by atoms with Gasteiger partial charge in [-0.25, -0.2) is 4.79 Å². The maximum Gasteiger partial charge on any atom is 0.315 e. The Balaban J connectivity index is 2.11. The number of carbonyl (C=O) groups excluding carboxylic acids is 1. The average molecular weight is 287 g/mol. The molecule has 0 unspecified atom stereocenters. The number of morpholine rings is 1. The SMILES string of the molecule is CC(C)(CC(=O)O)NC(=O)NCCCN1CCOCC1. The van der Waals surface area contributed by atoms with Crippen LogP contribution in [0.1, 0.15) is 26.7 Å². The number of nitrogens with one attached hydrogen (secondary N) is 2. The zero-order valence-corrected chi connectivity index (χ0v) is 12.3. The Bertz CT molecular complexity index is 328. The van der Waals surface area contributed by atoms with Crippen molar-refractivity contribution in [3.8, 4) is 0 Å². The van der Waals surface area contributed by atoms with Crippen LogP contribution in [0.15, 0.2) is 0 Å². The van der Waals surface area contributed by atoms with E-state index in [0.717, 1.165) is 39.3 Å². The number of ether oxygens (including phenoxy) is 1. The van der Waals surface area contributed by atoms with E-state index in [1.165, 1.54) is 0 Å². The van der Waals surface area contributed by atoms with Crippen molar-refractivity contribution >= 4 is 12.0 Å². The molecule has 0 aromatic rings. The van der Waals surface area contributed by atoms with Gasteiger partial charge < -0.3 is 20.5 Å². The summed E-state index contributed by atoms with van der Waals surface area (Å²) in [6, 6.07) is -0.321. The summed E-state index contributed by atoms with van der Waals surface area (Å²) in [5, 5.41) is 14.1. The van der Waals surface area contributed by atoms with Gasteiger partial charge in [0, 0.05) is 25.2 Å². The minimum Gasteiger partial charge on any atom is -0.481 e. The topological polar surface area (TPSA) is 90.9 Å². The molecule has 1 saturated heterocycles. The van der Waals surface area contributed by atoms with Gasteiger partial charge in [0.05, 0.1) is 19.6 Å². The molecule has 0 atom stereocenters. The zero-order valence-electron chi connectivity index (χ0n) is 12.3. The van der Waals surface area contributed by atoms with Crippen LogP contribution in [0.4, 0.5) is 4.79 Å². The standard InChI is InChI=1S/C13H25N3O4/c1-13(2,10-11(17)18)15-12(19)14-4-3-5-16-6-8-20-9-7-16/h3-10H2,1-2H3,(H,17,18)(H2,14,15,19). The average Bonchev–Trinajstić information content (AvgIpc) is 2.33. The molecular formula is C13H25N3O4. The molecule has 3 N–H and O–H groups in total. The smallest absolute Gasteiger partial charge is 0.315 e. The fraction of sp³-hybridized carbons (Fsp3) is 0.846. The molecule has 0 aliphatic carbocycles. The number of carboxylic acid groups (broad SMARTS) is 1. The number of carbonyl (C=O) groups is 2. The van der Waals surface area contributed by atoms with Gasteiger partial charge in [-0.05, 0) is 26.8 Å². The predicted molar refractivity (Wildman–Crippen MR) is 74.7 cm³/mol. The minimum absolute atomic E-state index is 0.103. The van der Waals surface area contributed by atoms with E-state index in [0.29, 0.717) is 6.54 Å². The summed E-state index contributed by atoms with van der Waals surface area (Å²) in [5.74, 6) is -0.928. The minimum atomic E-state index is -0.928. The molecular weight excluding hydrogens is 262 g/mol. The molecule has 0 bridgehead atoms. The van der Waals surface area contributed by atoms with Crippen molar-refractivity contribution in [1.82, 2.24) is 15.5 Å². The van der Waals surface area contributed by atoms with Crippen LogP contribution in [0.3, 0.4) is 0 Å². The fourth-order valence-electron chi connectivity index (χ4n) is 2.10. The van der Waals surface area contributed by atoms with E-state index in [-0.39, 0.29) is 12.5 Å². The highest BCUT2D eigenvalue weighted by atomic mass is 16.5. The highest BCUT2D eigenvalue weighted by molar-refractivity contribution is 5.76. The molecule has 2 amide bonds. The van der Waals surface area contributed by atoms with Gasteiger partial charge in [-0.3, -0.25) is 9.69 Å². The monoisotopic (exact) mass is 287 g/mol. The summed E-state index contributed by atoms with van der Waals surface area (Å²) in [5.41, 5.74) is -0.750. The zero-order chi connectivity index (χ0) is 15.0. The lowest BCUT2D eigenvalue weighted by Gasteiger charge is -2.27. The van der Waals surface area contributed by atoms with E-state index >= 15 is 0 Å². The van der Waals surface area contributed by atoms with E-state index < -0.39 is 11.5 Å². The molecule has 1 aliphatic heterocycles. The third-order valence-electron chi connectivity index (χ3n) is 3.09. The van der Waals surface area contributed by atoms with Crippen molar-refractivity contribution in [2.45, 2.75) is 32.2 Å². The second-order valence-corrected chi connectivity index (χ2v) is 5.64. The van der Waals surface area contributed by atoms with Crippen molar-refractivity contribution < 1.29 is 19.4 Å². The first-order valence-corrected chi connectivity index (χ1v) is 6.97. The maximum absolute atomic E-state index is 11.6. The molecule has 1 rings (SSSR count). The summed E-state index contributed by atoms with van der Waals surface area (Å²) < 4.78 is 5.26. The summed E-state index contributed by atoms with van der Waals surface area (Å²) in [7, 11) is 0. The second-order valence-electron chi connectivity index (χ2n) is 5.64.